The quantitative estimate of drug-likeness (QED) is 0.233. The van der Waals surface area contributed by atoms with Crippen LogP contribution in [0.25, 0.3) is 17.4 Å². The molecule has 1 aliphatic carbocycles. The maximum Gasteiger partial charge on any atom is 0.338 e. The molecule has 1 aliphatic heterocycles. The highest BCUT2D eigenvalue weighted by atomic mass is 32.2. The SMILES string of the molecule is CCOC(=O)c1ccc(-c2ccc(/C=C3/SC(=Nc4ccccc4CC)N(C4CCCCC4)C3=O)o2)cc1. The van der Waals surface area contributed by atoms with Gasteiger partial charge in [0.25, 0.3) is 5.91 Å². The topological polar surface area (TPSA) is 72.1 Å². The molecule has 1 saturated carbocycles. The van der Waals surface area contributed by atoms with Crippen molar-refractivity contribution in [3.8, 4) is 11.3 Å². The molecule has 0 bridgehead atoms. The number of furan rings is 1. The number of aliphatic imine (C=N–C) groups is 1. The number of aryl methyl sites for hydroxylation is 1. The molecule has 5 rings (SSSR count). The number of carbonyl (C=O) groups is 2. The van der Waals surface area contributed by atoms with Gasteiger partial charge in [-0.2, -0.15) is 0 Å². The highest BCUT2D eigenvalue weighted by molar-refractivity contribution is 8.18. The summed E-state index contributed by atoms with van der Waals surface area (Å²) in [5, 5.41) is 0.746. The normalized spacial score (nSPS) is 18.5. The van der Waals surface area contributed by atoms with Gasteiger partial charge in [-0.25, -0.2) is 9.79 Å². The molecule has 0 radical (unpaired) electrons. The van der Waals surface area contributed by atoms with Crippen LogP contribution in [0.15, 0.2) is 75.0 Å². The van der Waals surface area contributed by atoms with E-state index < -0.39 is 0 Å². The van der Waals surface area contributed by atoms with Crippen LogP contribution in [0.4, 0.5) is 5.69 Å². The molecule has 0 spiro atoms. The number of esters is 1. The first-order chi connectivity index (χ1) is 18.6. The van der Waals surface area contributed by atoms with Gasteiger partial charge in [0.1, 0.15) is 11.5 Å². The molecule has 1 aromatic heterocycles. The Hall–Kier alpha value is -3.58. The van der Waals surface area contributed by atoms with E-state index in [4.69, 9.17) is 14.1 Å². The first kappa shape index (κ1) is 26.0. The fourth-order valence-electron chi connectivity index (χ4n) is 4.95. The average Bonchev–Trinajstić information content (AvgIpc) is 3.54. The highest BCUT2D eigenvalue weighted by Crippen LogP contribution is 2.39. The van der Waals surface area contributed by atoms with E-state index in [9.17, 15) is 9.59 Å². The number of amides is 1. The molecule has 2 heterocycles. The zero-order chi connectivity index (χ0) is 26.5. The lowest BCUT2D eigenvalue weighted by Gasteiger charge is -2.30. The summed E-state index contributed by atoms with van der Waals surface area (Å²) in [4.78, 5) is 33.1. The lowest BCUT2D eigenvalue weighted by Crippen LogP contribution is -2.40. The molecule has 2 aromatic carbocycles. The number of carbonyl (C=O) groups excluding carboxylic acids is 2. The molecule has 1 saturated heterocycles. The Morgan fingerprint density at radius 3 is 2.55 bits per heavy atom. The van der Waals surface area contributed by atoms with Gasteiger partial charge in [-0.1, -0.05) is 56.5 Å². The minimum atomic E-state index is -0.345. The van der Waals surface area contributed by atoms with E-state index in [-0.39, 0.29) is 17.9 Å². The van der Waals surface area contributed by atoms with E-state index >= 15 is 0 Å². The number of benzene rings is 2. The maximum atomic E-state index is 13.7. The van der Waals surface area contributed by atoms with Crippen LogP contribution in [0, 0.1) is 0 Å². The lowest BCUT2D eigenvalue weighted by atomic mass is 9.94. The van der Waals surface area contributed by atoms with Gasteiger partial charge in [0.15, 0.2) is 5.17 Å². The van der Waals surface area contributed by atoms with E-state index in [0.717, 1.165) is 48.5 Å². The summed E-state index contributed by atoms with van der Waals surface area (Å²) < 4.78 is 11.1. The number of rotatable bonds is 7. The predicted octanol–water partition coefficient (Wildman–Crippen LogP) is 7.62. The molecule has 38 heavy (non-hydrogen) atoms. The third-order valence-corrected chi connectivity index (χ3v) is 7.93. The summed E-state index contributed by atoms with van der Waals surface area (Å²) in [5.41, 5.74) is 3.42. The van der Waals surface area contributed by atoms with Gasteiger partial charge < -0.3 is 9.15 Å². The van der Waals surface area contributed by atoms with Gasteiger partial charge in [0.2, 0.25) is 0 Å². The van der Waals surface area contributed by atoms with E-state index in [1.54, 1.807) is 19.1 Å². The Kier molecular flexibility index (Phi) is 8.13. The summed E-state index contributed by atoms with van der Waals surface area (Å²) in [6, 6.07) is 19.2. The van der Waals surface area contributed by atoms with Gasteiger partial charge in [0.05, 0.1) is 22.8 Å². The summed E-state index contributed by atoms with van der Waals surface area (Å²) >= 11 is 1.42. The van der Waals surface area contributed by atoms with Crippen molar-refractivity contribution in [2.75, 3.05) is 6.61 Å². The molecule has 7 heteroatoms. The standard InChI is InChI=1S/C31H32N2O4S/c1-3-21-10-8-9-13-26(21)32-31-33(24-11-6-5-7-12-24)29(34)28(38-31)20-25-18-19-27(37-25)22-14-16-23(17-15-22)30(35)36-4-2/h8-10,13-20,24H,3-7,11-12H2,1-2H3/b28-20+,32-31?. The number of amidine groups is 1. The fourth-order valence-corrected chi connectivity index (χ4v) is 5.98. The van der Waals surface area contributed by atoms with Crippen molar-refractivity contribution in [1.29, 1.82) is 0 Å². The molecule has 3 aromatic rings. The van der Waals surface area contributed by atoms with Gasteiger partial charge in [0, 0.05) is 17.7 Å². The second-order valence-corrected chi connectivity index (χ2v) is 10.5. The second kappa shape index (κ2) is 11.9. The highest BCUT2D eigenvalue weighted by Gasteiger charge is 2.39. The fraction of sp³-hybridized carbons (Fsp3) is 0.323. The van der Waals surface area contributed by atoms with Crippen LogP contribution in [-0.2, 0) is 16.0 Å². The van der Waals surface area contributed by atoms with Gasteiger partial charge in [-0.15, -0.1) is 0 Å². The largest absolute Gasteiger partial charge is 0.462 e. The van der Waals surface area contributed by atoms with Crippen LogP contribution in [0.5, 0.6) is 0 Å². The smallest absolute Gasteiger partial charge is 0.338 e. The van der Waals surface area contributed by atoms with Crippen LogP contribution in [0.2, 0.25) is 0 Å². The zero-order valence-electron chi connectivity index (χ0n) is 21.8. The maximum absolute atomic E-state index is 13.7. The molecule has 6 nitrogen and oxygen atoms in total. The first-order valence-electron chi connectivity index (χ1n) is 13.3. The zero-order valence-corrected chi connectivity index (χ0v) is 22.6. The molecular weight excluding hydrogens is 496 g/mol. The van der Waals surface area contributed by atoms with Crippen molar-refractivity contribution in [3.05, 3.63) is 82.5 Å². The van der Waals surface area contributed by atoms with Crippen molar-refractivity contribution >= 4 is 40.6 Å². The molecule has 1 amide bonds. The summed E-state index contributed by atoms with van der Waals surface area (Å²) in [6.45, 7) is 4.24. The molecular formula is C31H32N2O4S. The number of nitrogens with zero attached hydrogens (tertiary/aromatic N) is 2. The van der Waals surface area contributed by atoms with Gasteiger partial charge >= 0.3 is 5.97 Å². The van der Waals surface area contributed by atoms with Crippen molar-refractivity contribution in [1.82, 2.24) is 4.90 Å². The molecule has 196 valence electrons. The van der Waals surface area contributed by atoms with E-state index in [1.165, 1.54) is 23.7 Å². The minimum Gasteiger partial charge on any atom is -0.462 e. The van der Waals surface area contributed by atoms with Gasteiger partial charge in [-0.05, 0) is 73.8 Å². The number of para-hydroxylation sites is 1. The predicted molar refractivity (Wildman–Crippen MR) is 152 cm³/mol. The van der Waals surface area contributed by atoms with E-state index in [0.29, 0.717) is 28.6 Å². The Labute approximate surface area is 227 Å². The molecule has 2 aliphatic rings. The van der Waals surface area contributed by atoms with Gasteiger partial charge in [-0.3, -0.25) is 9.69 Å². The number of ether oxygens (including phenoxy) is 1. The average molecular weight is 529 g/mol. The van der Waals surface area contributed by atoms with Crippen LogP contribution in [0.1, 0.15) is 67.6 Å². The van der Waals surface area contributed by atoms with Crippen LogP contribution in [-0.4, -0.2) is 34.6 Å². The summed E-state index contributed by atoms with van der Waals surface area (Å²) in [7, 11) is 0. The second-order valence-electron chi connectivity index (χ2n) is 9.45. The van der Waals surface area contributed by atoms with Crippen LogP contribution < -0.4 is 0 Å². The van der Waals surface area contributed by atoms with Crippen molar-refractivity contribution in [2.24, 2.45) is 4.99 Å². The van der Waals surface area contributed by atoms with Crippen molar-refractivity contribution in [3.63, 3.8) is 0 Å². The third-order valence-electron chi connectivity index (χ3n) is 6.95. The Bertz CT molecular complexity index is 1370. The molecule has 0 atom stereocenters. The Balaban J connectivity index is 1.42. The van der Waals surface area contributed by atoms with Crippen molar-refractivity contribution < 1.29 is 18.7 Å². The van der Waals surface area contributed by atoms with Crippen LogP contribution >= 0.6 is 11.8 Å². The molecule has 0 unspecified atom stereocenters. The van der Waals surface area contributed by atoms with Crippen molar-refractivity contribution in [2.45, 2.75) is 58.4 Å². The molecule has 2 fully saturated rings. The Morgan fingerprint density at radius 2 is 1.82 bits per heavy atom. The van der Waals surface area contributed by atoms with Crippen LogP contribution in [0.3, 0.4) is 0 Å². The number of thioether (sulfide) groups is 1. The lowest BCUT2D eigenvalue weighted by molar-refractivity contribution is -0.124. The minimum absolute atomic E-state index is 0.00799. The number of hydrogen-bond acceptors (Lipinski definition) is 6. The third kappa shape index (κ3) is 5.63. The summed E-state index contributed by atoms with van der Waals surface area (Å²) in [6.07, 6.45) is 8.18. The monoisotopic (exact) mass is 528 g/mol. The van der Waals surface area contributed by atoms with E-state index in [2.05, 4.69) is 13.0 Å². The molecule has 0 N–H and O–H groups in total. The summed E-state index contributed by atoms with van der Waals surface area (Å²) in [5.74, 6) is 0.912. The number of hydrogen-bond donors (Lipinski definition) is 0. The first-order valence-corrected chi connectivity index (χ1v) is 14.2. The Morgan fingerprint density at radius 1 is 1.05 bits per heavy atom. The van der Waals surface area contributed by atoms with E-state index in [1.807, 2.05) is 53.4 Å².